The van der Waals surface area contributed by atoms with Crippen LogP contribution in [-0.4, -0.2) is 52.9 Å². The highest BCUT2D eigenvalue weighted by Crippen LogP contribution is 2.27. The van der Waals surface area contributed by atoms with Gasteiger partial charge in [-0.2, -0.15) is 0 Å². The molecule has 2 heterocycles. The molecule has 0 radical (unpaired) electrons. The van der Waals surface area contributed by atoms with Crippen molar-refractivity contribution in [1.82, 2.24) is 20.4 Å². The predicted molar refractivity (Wildman–Crippen MR) is 114 cm³/mol. The van der Waals surface area contributed by atoms with E-state index in [0.717, 1.165) is 12.0 Å². The van der Waals surface area contributed by atoms with Gasteiger partial charge in [0.15, 0.2) is 5.96 Å². The average molecular weight is 400 g/mol. The number of benzene rings is 1. The van der Waals surface area contributed by atoms with Gasteiger partial charge in [0.2, 0.25) is 5.91 Å². The third kappa shape index (κ3) is 4.71. The lowest BCUT2D eigenvalue weighted by atomic mass is 9.83. The second-order valence-corrected chi connectivity index (χ2v) is 8.91. The summed E-state index contributed by atoms with van der Waals surface area (Å²) in [5, 5.41) is 14.6. The Hall–Kier alpha value is -2.57. The van der Waals surface area contributed by atoms with Gasteiger partial charge in [-0.25, -0.2) is 4.79 Å². The van der Waals surface area contributed by atoms with Crippen LogP contribution in [0, 0.1) is 17.2 Å². The fourth-order valence-corrected chi connectivity index (χ4v) is 3.98. The highest BCUT2D eigenvalue weighted by molar-refractivity contribution is 5.99. The van der Waals surface area contributed by atoms with Crippen molar-refractivity contribution in [1.29, 1.82) is 5.41 Å². The number of amides is 3. The van der Waals surface area contributed by atoms with Crippen molar-refractivity contribution in [2.24, 2.45) is 11.8 Å². The molecule has 29 heavy (non-hydrogen) atoms. The quantitative estimate of drug-likeness (QED) is 0.711. The Morgan fingerprint density at radius 2 is 2.00 bits per heavy atom. The molecular weight excluding hydrogens is 366 g/mol. The van der Waals surface area contributed by atoms with E-state index in [4.69, 9.17) is 5.41 Å². The fraction of sp³-hybridized carbons (Fsp3) is 0.591. The first-order chi connectivity index (χ1) is 13.7. The van der Waals surface area contributed by atoms with Crippen molar-refractivity contribution >= 4 is 17.9 Å². The minimum absolute atomic E-state index is 0.00875. The van der Waals surface area contributed by atoms with Crippen LogP contribution in [0.4, 0.5) is 4.79 Å². The molecule has 3 atom stereocenters. The van der Waals surface area contributed by atoms with Gasteiger partial charge < -0.3 is 15.5 Å². The highest BCUT2D eigenvalue weighted by Gasteiger charge is 2.41. The Kier molecular flexibility index (Phi) is 6.15. The lowest BCUT2D eigenvalue weighted by Gasteiger charge is -2.43. The molecule has 158 valence electrons. The Balaban J connectivity index is 1.53. The molecule has 0 saturated carbocycles. The van der Waals surface area contributed by atoms with Crippen LogP contribution in [0.25, 0.3) is 0 Å². The van der Waals surface area contributed by atoms with E-state index < -0.39 is 0 Å². The monoisotopic (exact) mass is 399 g/mol. The first-order valence-electron chi connectivity index (χ1n) is 10.5. The smallest absolute Gasteiger partial charge is 0.317 e. The molecule has 2 saturated heterocycles. The second kappa shape index (κ2) is 8.43. The molecule has 2 aliphatic heterocycles. The third-order valence-electron chi connectivity index (χ3n) is 6.42. The number of nitrogens with one attached hydrogen (secondary N) is 3. The molecule has 2 fully saturated rings. The molecule has 1 unspecified atom stereocenters. The maximum atomic E-state index is 12.7. The molecular formula is C22H33N5O2. The molecule has 7 nitrogen and oxygen atoms in total. The van der Waals surface area contributed by atoms with Gasteiger partial charge in [0.1, 0.15) is 0 Å². The Morgan fingerprint density at radius 3 is 2.62 bits per heavy atom. The summed E-state index contributed by atoms with van der Waals surface area (Å²) < 4.78 is 0. The summed E-state index contributed by atoms with van der Waals surface area (Å²) in [7, 11) is 0. The number of urea groups is 1. The number of carbonyl (C=O) groups excluding carboxylic acids is 2. The minimum Gasteiger partial charge on any atom is -0.350 e. The van der Waals surface area contributed by atoms with E-state index in [2.05, 4.69) is 24.5 Å². The molecule has 1 aromatic carbocycles. The largest absolute Gasteiger partial charge is 0.350 e. The zero-order valence-electron chi connectivity index (χ0n) is 17.9. The molecule has 7 heteroatoms. The number of guanidine groups is 1. The summed E-state index contributed by atoms with van der Waals surface area (Å²) in [6.07, 6.45) is 1.23. The molecule has 1 aromatic rings. The molecule has 3 amide bonds. The minimum atomic E-state index is -0.375. The van der Waals surface area contributed by atoms with Crippen molar-refractivity contribution in [3.05, 3.63) is 35.9 Å². The molecule has 3 rings (SSSR count). The Morgan fingerprint density at radius 1 is 1.31 bits per heavy atom. The summed E-state index contributed by atoms with van der Waals surface area (Å²) in [6, 6.07) is 9.76. The van der Waals surface area contributed by atoms with E-state index in [0.29, 0.717) is 26.1 Å². The lowest BCUT2D eigenvalue weighted by Crippen LogP contribution is -2.63. The van der Waals surface area contributed by atoms with Gasteiger partial charge in [0.05, 0.1) is 12.5 Å². The number of hydrogen-bond acceptors (Lipinski definition) is 3. The van der Waals surface area contributed by atoms with E-state index in [9.17, 15) is 9.59 Å². The summed E-state index contributed by atoms with van der Waals surface area (Å²) in [4.78, 5) is 28.7. The molecule has 3 N–H and O–H groups in total. The predicted octanol–water partition coefficient (Wildman–Crippen LogP) is 2.95. The van der Waals surface area contributed by atoms with Gasteiger partial charge in [-0.15, -0.1) is 0 Å². The van der Waals surface area contributed by atoms with Gasteiger partial charge >= 0.3 is 6.03 Å². The van der Waals surface area contributed by atoms with Gasteiger partial charge in [-0.1, -0.05) is 44.2 Å². The van der Waals surface area contributed by atoms with Gasteiger partial charge in [0, 0.05) is 25.2 Å². The summed E-state index contributed by atoms with van der Waals surface area (Å²) >= 11 is 0. The number of likely N-dealkylation sites (tertiary alicyclic amines) is 1. The Bertz CT molecular complexity index is 746. The molecule has 0 spiro atoms. The maximum Gasteiger partial charge on any atom is 0.317 e. The topological polar surface area (TPSA) is 88.5 Å². The van der Waals surface area contributed by atoms with Crippen LogP contribution in [-0.2, 0) is 4.79 Å². The van der Waals surface area contributed by atoms with E-state index in [1.807, 2.05) is 49.1 Å². The van der Waals surface area contributed by atoms with Crippen molar-refractivity contribution in [3.63, 3.8) is 0 Å². The fourth-order valence-electron chi connectivity index (χ4n) is 3.98. The molecule has 0 aliphatic carbocycles. The number of carbonyl (C=O) groups is 2. The van der Waals surface area contributed by atoms with E-state index in [1.165, 1.54) is 0 Å². The van der Waals surface area contributed by atoms with Crippen LogP contribution in [0.3, 0.4) is 0 Å². The van der Waals surface area contributed by atoms with Gasteiger partial charge in [-0.05, 0) is 37.7 Å². The highest BCUT2D eigenvalue weighted by atomic mass is 16.2. The molecule has 0 aromatic heterocycles. The van der Waals surface area contributed by atoms with Crippen LogP contribution in [0.5, 0.6) is 0 Å². The zero-order valence-corrected chi connectivity index (χ0v) is 17.9. The maximum absolute atomic E-state index is 12.7. The van der Waals surface area contributed by atoms with Crippen molar-refractivity contribution in [2.75, 3.05) is 19.6 Å². The van der Waals surface area contributed by atoms with Crippen LogP contribution < -0.4 is 10.6 Å². The summed E-state index contributed by atoms with van der Waals surface area (Å²) in [6.45, 7) is 9.86. The number of rotatable bonds is 5. The first-order valence-corrected chi connectivity index (χ1v) is 10.5. The molecule has 2 aliphatic rings. The SMILES string of the molecule is CC(C)[C@]1(C)CC(=O)N(CC2CCN(C(=O)N[C@@H](C)c3ccccc3)C2)C(=N)N1. The second-order valence-electron chi connectivity index (χ2n) is 8.91. The zero-order chi connectivity index (χ0) is 21.2. The lowest BCUT2D eigenvalue weighted by molar-refractivity contribution is -0.131. The summed E-state index contributed by atoms with van der Waals surface area (Å²) in [5.41, 5.74) is 0.697. The van der Waals surface area contributed by atoms with Crippen molar-refractivity contribution in [3.8, 4) is 0 Å². The average Bonchev–Trinajstić information content (AvgIpc) is 3.14. The Labute approximate surface area is 173 Å². The standard InChI is InChI=1S/C22H33N5O2/c1-15(2)22(4)12-19(28)27(20(23)25-22)14-17-10-11-26(13-17)21(29)24-16(3)18-8-6-5-7-9-18/h5-9,15-17H,10-14H2,1-4H3,(H2,23,25)(H,24,29)/t16-,17?,22-/m0/s1. The summed E-state index contributed by atoms with van der Waals surface area (Å²) in [5.74, 6) is 0.608. The normalized spacial score (nSPS) is 25.9. The third-order valence-corrected chi connectivity index (χ3v) is 6.42. The van der Waals surface area contributed by atoms with Crippen molar-refractivity contribution in [2.45, 2.75) is 52.1 Å². The number of hydrogen-bond donors (Lipinski definition) is 3. The van der Waals surface area contributed by atoms with E-state index in [1.54, 1.807) is 4.90 Å². The van der Waals surface area contributed by atoms with Crippen LogP contribution in [0.15, 0.2) is 30.3 Å². The van der Waals surface area contributed by atoms with Crippen molar-refractivity contribution < 1.29 is 9.59 Å². The molecule has 0 bridgehead atoms. The van der Waals surface area contributed by atoms with Gasteiger partial charge in [0.25, 0.3) is 0 Å². The first kappa shape index (κ1) is 21.1. The van der Waals surface area contributed by atoms with E-state index in [-0.39, 0.29) is 41.3 Å². The van der Waals surface area contributed by atoms with Crippen LogP contribution in [0.1, 0.15) is 52.1 Å². The number of nitrogens with zero attached hydrogens (tertiary/aromatic N) is 2. The van der Waals surface area contributed by atoms with Crippen LogP contribution in [0.2, 0.25) is 0 Å². The van der Waals surface area contributed by atoms with E-state index >= 15 is 0 Å². The van der Waals surface area contributed by atoms with Gasteiger partial charge in [-0.3, -0.25) is 15.1 Å². The van der Waals surface area contributed by atoms with Crippen LogP contribution >= 0.6 is 0 Å².